The number of aliphatic imine (C=N–C) groups is 1. The maximum atomic E-state index is 6.32. The Hall–Kier alpha value is -0.0800. The predicted octanol–water partition coefficient (Wildman–Crippen LogP) is 4.31. The molecule has 3 rings (SSSR count). The van der Waals surface area contributed by atoms with E-state index in [0.717, 1.165) is 31.6 Å². The average molecular weight is 507 g/mol. The molecule has 3 fully saturated rings. The van der Waals surface area contributed by atoms with E-state index in [1.807, 2.05) is 7.05 Å². The third kappa shape index (κ3) is 7.01. The van der Waals surface area contributed by atoms with E-state index < -0.39 is 0 Å². The van der Waals surface area contributed by atoms with Crippen molar-refractivity contribution in [3.05, 3.63) is 0 Å². The largest absolute Gasteiger partial charge is 0.373 e. The molecular weight excluding hydrogens is 463 g/mol. The molecular formula is C22H43IN4O. The monoisotopic (exact) mass is 506 g/mol. The van der Waals surface area contributed by atoms with Crippen LogP contribution in [0.15, 0.2) is 4.99 Å². The van der Waals surface area contributed by atoms with E-state index in [9.17, 15) is 0 Å². The Morgan fingerprint density at radius 3 is 2.32 bits per heavy atom. The number of ether oxygens (including phenoxy) is 1. The molecule has 0 aromatic heterocycles. The van der Waals surface area contributed by atoms with Gasteiger partial charge in [0.15, 0.2) is 5.96 Å². The molecule has 0 aromatic carbocycles. The van der Waals surface area contributed by atoms with Crippen LogP contribution in [0.3, 0.4) is 0 Å². The van der Waals surface area contributed by atoms with Crippen molar-refractivity contribution in [2.24, 2.45) is 4.99 Å². The van der Waals surface area contributed by atoms with Gasteiger partial charge in [0.05, 0.1) is 5.60 Å². The maximum absolute atomic E-state index is 6.32. The highest BCUT2D eigenvalue weighted by molar-refractivity contribution is 14.0. The molecule has 0 atom stereocenters. The first-order chi connectivity index (χ1) is 13.2. The molecule has 0 spiro atoms. The van der Waals surface area contributed by atoms with Gasteiger partial charge in [-0.1, -0.05) is 39.0 Å². The molecule has 3 aliphatic rings. The summed E-state index contributed by atoms with van der Waals surface area (Å²) in [6, 6.07) is 1.41. The van der Waals surface area contributed by atoms with Crippen molar-refractivity contribution in [3.8, 4) is 0 Å². The van der Waals surface area contributed by atoms with Gasteiger partial charge in [-0.3, -0.25) is 4.99 Å². The molecule has 6 heteroatoms. The molecule has 1 saturated heterocycles. The normalized spacial score (nSPS) is 24.7. The SMILES string of the molecule is CCCOC1(CNC(=NC)NC2CCN(C3CCCC3)CC2)CCCCC1.I. The van der Waals surface area contributed by atoms with Gasteiger partial charge in [-0.25, -0.2) is 0 Å². The second kappa shape index (κ2) is 12.6. The summed E-state index contributed by atoms with van der Waals surface area (Å²) in [6.45, 7) is 6.43. The molecule has 0 unspecified atom stereocenters. The number of piperidine rings is 1. The van der Waals surface area contributed by atoms with Gasteiger partial charge in [-0.05, 0) is 44.9 Å². The maximum Gasteiger partial charge on any atom is 0.191 e. The summed E-state index contributed by atoms with van der Waals surface area (Å²) < 4.78 is 6.32. The molecule has 2 saturated carbocycles. The zero-order valence-corrected chi connectivity index (χ0v) is 20.5. The third-order valence-electron chi connectivity index (χ3n) is 6.89. The molecule has 2 aliphatic carbocycles. The fourth-order valence-corrected chi connectivity index (χ4v) is 5.20. The van der Waals surface area contributed by atoms with Gasteiger partial charge in [0, 0.05) is 45.4 Å². The molecule has 164 valence electrons. The number of halogens is 1. The Kier molecular flexibility index (Phi) is 10.9. The van der Waals surface area contributed by atoms with E-state index in [-0.39, 0.29) is 29.6 Å². The second-order valence-electron chi connectivity index (χ2n) is 8.91. The van der Waals surface area contributed by atoms with Crippen LogP contribution >= 0.6 is 24.0 Å². The summed E-state index contributed by atoms with van der Waals surface area (Å²) in [6.07, 6.45) is 15.5. The van der Waals surface area contributed by atoms with Crippen molar-refractivity contribution in [1.29, 1.82) is 0 Å². The lowest BCUT2D eigenvalue weighted by molar-refractivity contribution is -0.0657. The van der Waals surface area contributed by atoms with Crippen LogP contribution in [-0.2, 0) is 4.74 Å². The Morgan fingerprint density at radius 2 is 1.71 bits per heavy atom. The zero-order valence-electron chi connectivity index (χ0n) is 18.2. The van der Waals surface area contributed by atoms with Crippen molar-refractivity contribution in [3.63, 3.8) is 0 Å². The predicted molar refractivity (Wildman–Crippen MR) is 129 cm³/mol. The van der Waals surface area contributed by atoms with Gasteiger partial charge < -0.3 is 20.3 Å². The number of guanidine groups is 1. The number of likely N-dealkylation sites (tertiary alicyclic amines) is 1. The van der Waals surface area contributed by atoms with E-state index in [1.165, 1.54) is 83.7 Å². The third-order valence-corrected chi connectivity index (χ3v) is 6.89. The summed E-state index contributed by atoms with van der Waals surface area (Å²) >= 11 is 0. The highest BCUT2D eigenvalue weighted by Gasteiger charge is 2.33. The van der Waals surface area contributed by atoms with Gasteiger partial charge in [0.1, 0.15) is 0 Å². The summed E-state index contributed by atoms with van der Waals surface area (Å²) in [5, 5.41) is 7.29. The van der Waals surface area contributed by atoms with Crippen LogP contribution in [-0.4, -0.2) is 61.8 Å². The summed E-state index contributed by atoms with van der Waals surface area (Å²) in [4.78, 5) is 7.23. The molecule has 2 N–H and O–H groups in total. The van der Waals surface area contributed by atoms with E-state index >= 15 is 0 Å². The highest BCUT2D eigenvalue weighted by atomic mass is 127. The van der Waals surface area contributed by atoms with Gasteiger partial charge in [0.25, 0.3) is 0 Å². The van der Waals surface area contributed by atoms with Gasteiger partial charge in [0.2, 0.25) is 0 Å². The minimum absolute atomic E-state index is 0. The number of hydrogen-bond acceptors (Lipinski definition) is 3. The Bertz CT molecular complexity index is 453. The van der Waals surface area contributed by atoms with Crippen LogP contribution in [0.25, 0.3) is 0 Å². The Balaban J connectivity index is 0.00000280. The minimum atomic E-state index is 0. The van der Waals surface area contributed by atoms with Crippen LogP contribution in [0.4, 0.5) is 0 Å². The van der Waals surface area contributed by atoms with Crippen molar-refractivity contribution in [2.45, 2.75) is 102 Å². The van der Waals surface area contributed by atoms with Crippen molar-refractivity contribution in [2.75, 3.05) is 33.3 Å². The van der Waals surface area contributed by atoms with E-state index in [1.54, 1.807) is 0 Å². The van der Waals surface area contributed by atoms with Crippen molar-refractivity contribution >= 4 is 29.9 Å². The first-order valence-electron chi connectivity index (χ1n) is 11.6. The standard InChI is InChI=1S/C22H42N4O.HI/c1-3-17-27-22(13-7-4-8-14-22)18-24-21(23-2)25-19-11-15-26(16-12-19)20-9-5-6-10-20;/h19-20H,3-18H2,1-2H3,(H2,23,24,25);1H. The molecule has 0 amide bonds. The topological polar surface area (TPSA) is 48.9 Å². The minimum Gasteiger partial charge on any atom is -0.373 e. The molecule has 0 radical (unpaired) electrons. The first kappa shape index (κ1) is 24.2. The molecule has 0 aromatic rings. The second-order valence-corrected chi connectivity index (χ2v) is 8.91. The quantitative estimate of drug-likeness (QED) is 0.307. The Labute approximate surface area is 189 Å². The first-order valence-corrected chi connectivity index (χ1v) is 11.6. The van der Waals surface area contributed by atoms with E-state index in [2.05, 4.69) is 27.4 Å². The average Bonchev–Trinajstić information content (AvgIpc) is 3.26. The number of rotatable bonds is 7. The van der Waals surface area contributed by atoms with Crippen LogP contribution < -0.4 is 10.6 Å². The van der Waals surface area contributed by atoms with Gasteiger partial charge in [-0.2, -0.15) is 0 Å². The van der Waals surface area contributed by atoms with Crippen molar-refractivity contribution in [1.82, 2.24) is 15.5 Å². The number of nitrogens with one attached hydrogen (secondary N) is 2. The summed E-state index contributed by atoms with van der Waals surface area (Å²) in [5.74, 6) is 0.958. The van der Waals surface area contributed by atoms with E-state index in [0.29, 0.717) is 6.04 Å². The van der Waals surface area contributed by atoms with Crippen LogP contribution in [0.5, 0.6) is 0 Å². The number of nitrogens with zero attached hydrogens (tertiary/aromatic N) is 2. The molecule has 28 heavy (non-hydrogen) atoms. The van der Waals surface area contributed by atoms with Crippen LogP contribution in [0.1, 0.15) is 84.0 Å². The molecule has 1 aliphatic heterocycles. The lowest BCUT2D eigenvalue weighted by Crippen LogP contribution is -2.53. The van der Waals surface area contributed by atoms with Crippen LogP contribution in [0.2, 0.25) is 0 Å². The van der Waals surface area contributed by atoms with Gasteiger partial charge >= 0.3 is 0 Å². The Morgan fingerprint density at radius 1 is 1.04 bits per heavy atom. The fourth-order valence-electron chi connectivity index (χ4n) is 5.20. The summed E-state index contributed by atoms with van der Waals surface area (Å²) in [7, 11) is 1.89. The highest BCUT2D eigenvalue weighted by Crippen LogP contribution is 2.31. The molecule has 0 bridgehead atoms. The zero-order chi connectivity index (χ0) is 19.0. The smallest absolute Gasteiger partial charge is 0.191 e. The lowest BCUT2D eigenvalue weighted by atomic mass is 9.84. The van der Waals surface area contributed by atoms with E-state index in [4.69, 9.17) is 4.74 Å². The number of hydrogen-bond donors (Lipinski definition) is 2. The molecule has 1 heterocycles. The van der Waals surface area contributed by atoms with Crippen LogP contribution in [0, 0.1) is 0 Å². The fraction of sp³-hybridized carbons (Fsp3) is 0.955. The summed E-state index contributed by atoms with van der Waals surface area (Å²) in [5.41, 5.74) is 0.0116. The van der Waals surface area contributed by atoms with Crippen molar-refractivity contribution < 1.29 is 4.74 Å². The molecule has 5 nitrogen and oxygen atoms in total. The van der Waals surface area contributed by atoms with Gasteiger partial charge in [-0.15, -0.1) is 24.0 Å². The lowest BCUT2D eigenvalue weighted by Gasteiger charge is -2.39.